The molecule has 0 radical (unpaired) electrons. The Labute approximate surface area is 143 Å². The predicted octanol–water partition coefficient (Wildman–Crippen LogP) is 2.02. The van der Waals surface area contributed by atoms with Gasteiger partial charge in [-0.15, -0.1) is 0 Å². The van der Waals surface area contributed by atoms with Gasteiger partial charge in [-0.05, 0) is 18.9 Å². The minimum Gasteiger partial charge on any atom is -0.360 e. The van der Waals surface area contributed by atoms with Gasteiger partial charge in [-0.1, -0.05) is 35.5 Å². The van der Waals surface area contributed by atoms with E-state index in [0.717, 1.165) is 30.0 Å². The maximum absolute atomic E-state index is 12.6. The van der Waals surface area contributed by atoms with Crippen molar-refractivity contribution >= 4 is 10.0 Å². The second-order valence-corrected chi connectivity index (χ2v) is 8.40. The van der Waals surface area contributed by atoms with Crippen molar-refractivity contribution in [3.05, 3.63) is 53.4 Å². The Morgan fingerprint density at radius 2 is 2.08 bits per heavy atom. The number of aryl methyl sites for hydroxylation is 1. The fourth-order valence-electron chi connectivity index (χ4n) is 3.08. The number of nitrogens with zero attached hydrogens (tertiary/aromatic N) is 3. The molecule has 130 valence electrons. The molecule has 1 atom stereocenters. The molecule has 1 saturated heterocycles. The Balaban J connectivity index is 1.60. The number of sulfonamides is 1. The van der Waals surface area contributed by atoms with Gasteiger partial charge in [0.05, 0.1) is 18.0 Å². The van der Waals surface area contributed by atoms with Gasteiger partial charge in [0.1, 0.15) is 0 Å². The van der Waals surface area contributed by atoms with Gasteiger partial charge < -0.3 is 4.52 Å². The van der Waals surface area contributed by atoms with E-state index in [1.807, 2.05) is 43.3 Å². The molecule has 2 aromatic rings. The zero-order valence-electron chi connectivity index (χ0n) is 14.1. The summed E-state index contributed by atoms with van der Waals surface area (Å²) < 4.78 is 32.0. The van der Waals surface area contributed by atoms with Crippen LogP contribution in [0.2, 0.25) is 0 Å². The van der Waals surface area contributed by atoms with Gasteiger partial charge in [-0.3, -0.25) is 4.90 Å². The van der Waals surface area contributed by atoms with Crippen molar-refractivity contribution in [1.29, 1.82) is 0 Å². The maximum atomic E-state index is 12.6. The molecule has 0 amide bonds. The summed E-state index contributed by atoms with van der Waals surface area (Å²) in [5, 5.41) is 3.89. The molecular formula is C17H23N3O3S. The van der Waals surface area contributed by atoms with Gasteiger partial charge in [0.2, 0.25) is 10.0 Å². The van der Waals surface area contributed by atoms with Crippen LogP contribution in [0.1, 0.15) is 23.4 Å². The summed E-state index contributed by atoms with van der Waals surface area (Å²) in [6.45, 7) is 4.13. The number of rotatable bonds is 6. The van der Waals surface area contributed by atoms with Crippen molar-refractivity contribution in [2.75, 3.05) is 20.1 Å². The van der Waals surface area contributed by atoms with E-state index in [9.17, 15) is 8.42 Å². The van der Waals surface area contributed by atoms with Crippen molar-refractivity contribution < 1.29 is 12.9 Å². The van der Waals surface area contributed by atoms with E-state index in [1.54, 1.807) is 7.05 Å². The normalized spacial score (nSPS) is 19.2. The van der Waals surface area contributed by atoms with Crippen LogP contribution in [0.3, 0.4) is 0 Å². The van der Waals surface area contributed by atoms with Crippen LogP contribution in [0.25, 0.3) is 0 Å². The van der Waals surface area contributed by atoms with Crippen LogP contribution < -0.4 is 0 Å². The lowest BCUT2D eigenvalue weighted by Gasteiger charge is -2.24. The third-order valence-corrected chi connectivity index (χ3v) is 6.32. The summed E-state index contributed by atoms with van der Waals surface area (Å²) >= 11 is 0. The quantitative estimate of drug-likeness (QED) is 0.798. The monoisotopic (exact) mass is 349 g/mol. The molecule has 2 heterocycles. The van der Waals surface area contributed by atoms with Crippen LogP contribution in [-0.4, -0.2) is 49.0 Å². The summed E-state index contributed by atoms with van der Waals surface area (Å²) in [6, 6.07) is 11.2. The van der Waals surface area contributed by atoms with Crippen LogP contribution >= 0.6 is 0 Å². The predicted molar refractivity (Wildman–Crippen MR) is 91.8 cm³/mol. The van der Waals surface area contributed by atoms with Crippen molar-refractivity contribution in [2.24, 2.45) is 0 Å². The first kappa shape index (κ1) is 17.1. The number of hydrogen-bond donors (Lipinski definition) is 0. The smallest absolute Gasteiger partial charge is 0.218 e. The SMILES string of the molecule is Cc1cc(CN2CCC(N(C)S(=O)(=O)Cc3ccccc3)C2)on1. The molecule has 24 heavy (non-hydrogen) atoms. The highest BCUT2D eigenvalue weighted by molar-refractivity contribution is 7.88. The summed E-state index contributed by atoms with van der Waals surface area (Å²) in [7, 11) is -1.63. The van der Waals surface area contributed by atoms with Crippen molar-refractivity contribution in [1.82, 2.24) is 14.4 Å². The van der Waals surface area contributed by atoms with Crippen molar-refractivity contribution in [3.8, 4) is 0 Å². The second-order valence-electron chi connectivity index (χ2n) is 6.37. The highest BCUT2D eigenvalue weighted by atomic mass is 32.2. The van der Waals surface area contributed by atoms with Gasteiger partial charge >= 0.3 is 0 Å². The Morgan fingerprint density at radius 3 is 2.75 bits per heavy atom. The Hall–Kier alpha value is -1.70. The summed E-state index contributed by atoms with van der Waals surface area (Å²) in [5.74, 6) is 0.866. The molecular weight excluding hydrogens is 326 g/mol. The first-order valence-electron chi connectivity index (χ1n) is 8.08. The summed E-state index contributed by atoms with van der Waals surface area (Å²) in [5.41, 5.74) is 1.68. The van der Waals surface area contributed by atoms with Gasteiger partial charge in [0.15, 0.2) is 5.76 Å². The van der Waals surface area contributed by atoms with Gasteiger partial charge in [0, 0.05) is 32.2 Å². The van der Waals surface area contributed by atoms with Crippen LogP contribution in [0, 0.1) is 6.92 Å². The van der Waals surface area contributed by atoms with E-state index in [-0.39, 0.29) is 11.8 Å². The molecule has 1 aromatic carbocycles. The van der Waals surface area contributed by atoms with E-state index in [1.165, 1.54) is 4.31 Å². The van der Waals surface area contributed by atoms with Gasteiger partial charge in [-0.25, -0.2) is 12.7 Å². The van der Waals surface area contributed by atoms with E-state index in [0.29, 0.717) is 13.1 Å². The molecule has 0 aliphatic carbocycles. The van der Waals surface area contributed by atoms with Crippen LogP contribution in [0.15, 0.2) is 40.9 Å². The van der Waals surface area contributed by atoms with Gasteiger partial charge in [-0.2, -0.15) is 0 Å². The fraction of sp³-hybridized carbons (Fsp3) is 0.471. The molecule has 0 N–H and O–H groups in total. The van der Waals surface area contributed by atoms with E-state index < -0.39 is 10.0 Å². The molecule has 7 heteroatoms. The third kappa shape index (κ3) is 4.03. The number of aromatic nitrogens is 1. The standard InChI is InChI=1S/C17H23N3O3S/c1-14-10-17(23-18-14)12-20-9-8-16(11-20)19(2)24(21,22)13-15-6-4-3-5-7-15/h3-7,10,16H,8-9,11-13H2,1-2H3. The summed E-state index contributed by atoms with van der Waals surface area (Å²) in [4.78, 5) is 2.21. The van der Waals surface area contributed by atoms with Crippen molar-refractivity contribution in [2.45, 2.75) is 31.7 Å². The van der Waals surface area contributed by atoms with Crippen LogP contribution in [-0.2, 0) is 22.3 Å². The lowest BCUT2D eigenvalue weighted by Crippen LogP contribution is -2.39. The van der Waals surface area contributed by atoms with E-state index >= 15 is 0 Å². The van der Waals surface area contributed by atoms with E-state index in [2.05, 4.69) is 10.1 Å². The lowest BCUT2D eigenvalue weighted by atomic mass is 10.2. The molecule has 6 nitrogen and oxygen atoms in total. The molecule has 0 spiro atoms. The van der Waals surface area contributed by atoms with Crippen LogP contribution in [0.5, 0.6) is 0 Å². The third-order valence-electron chi connectivity index (χ3n) is 4.45. The topological polar surface area (TPSA) is 66.7 Å². The zero-order chi connectivity index (χ0) is 17.2. The number of benzene rings is 1. The number of likely N-dealkylation sites (N-methyl/N-ethyl adjacent to an activating group) is 1. The Morgan fingerprint density at radius 1 is 1.33 bits per heavy atom. The molecule has 1 aromatic heterocycles. The van der Waals surface area contributed by atoms with Gasteiger partial charge in [0.25, 0.3) is 0 Å². The van der Waals surface area contributed by atoms with Crippen LogP contribution in [0.4, 0.5) is 0 Å². The maximum Gasteiger partial charge on any atom is 0.218 e. The lowest BCUT2D eigenvalue weighted by molar-refractivity contribution is 0.258. The fourth-order valence-corrected chi connectivity index (χ4v) is 4.52. The second kappa shape index (κ2) is 7.04. The molecule has 1 aliphatic heterocycles. The Bertz CT molecular complexity index is 773. The largest absolute Gasteiger partial charge is 0.360 e. The minimum atomic E-state index is -3.32. The number of likely N-dealkylation sites (tertiary alicyclic amines) is 1. The molecule has 1 unspecified atom stereocenters. The highest BCUT2D eigenvalue weighted by Gasteiger charge is 2.32. The molecule has 0 bridgehead atoms. The van der Waals surface area contributed by atoms with E-state index in [4.69, 9.17) is 4.52 Å². The first-order chi connectivity index (χ1) is 11.4. The molecule has 3 rings (SSSR count). The average Bonchev–Trinajstić information content (AvgIpc) is 3.17. The first-order valence-corrected chi connectivity index (χ1v) is 9.69. The Kier molecular flexibility index (Phi) is 5.03. The minimum absolute atomic E-state index is 0.00253. The number of hydrogen-bond acceptors (Lipinski definition) is 5. The summed E-state index contributed by atoms with van der Waals surface area (Å²) in [6.07, 6.45) is 0.831. The van der Waals surface area contributed by atoms with Crippen molar-refractivity contribution in [3.63, 3.8) is 0 Å². The highest BCUT2D eigenvalue weighted by Crippen LogP contribution is 2.21. The zero-order valence-corrected chi connectivity index (χ0v) is 14.9. The molecule has 0 saturated carbocycles. The average molecular weight is 349 g/mol. The molecule has 1 fully saturated rings. The molecule has 1 aliphatic rings.